The molecule has 0 bridgehead atoms. The highest BCUT2D eigenvalue weighted by atomic mass is 16.4. The number of carboxylic acid groups (broad SMARTS) is 1. The van der Waals surface area contributed by atoms with Crippen molar-refractivity contribution in [2.24, 2.45) is 11.7 Å². The second-order valence-electron chi connectivity index (χ2n) is 3.79. The third kappa shape index (κ3) is 15.3. The molecule has 6 heteroatoms. The van der Waals surface area contributed by atoms with Gasteiger partial charge in [0.15, 0.2) is 0 Å². The quantitative estimate of drug-likeness (QED) is 0.398. The summed E-state index contributed by atoms with van der Waals surface area (Å²) in [5.41, 5.74) is 4.57. The summed E-state index contributed by atoms with van der Waals surface area (Å²) >= 11 is 0. The first-order chi connectivity index (χ1) is 8.01. The van der Waals surface area contributed by atoms with E-state index in [-0.39, 0.29) is 31.8 Å². The predicted molar refractivity (Wildman–Crippen MR) is 64.5 cm³/mol. The Morgan fingerprint density at radius 1 is 1.24 bits per heavy atom. The number of aliphatic carboxylic acids is 1. The number of rotatable bonds is 8. The maximum Gasteiger partial charge on any atom is 0.317 e. The van der Waals surface area contributed by atoms with Crippen molar-refractivity contribution in [2.75, 3.05) is 19.8 Å². The molecule has 0 aromatic carbocycles. The molecule has 17 heavy (non-hydrogen) atoms. The minimum absolute atomic E-state index is 0.140. The summed E-state index contributed by atoms with van der Waals surface area (Å²) < 4.78 is 0. The summed E-state index contributed by atoms with van der Waals surface area (Å²) in [5.74, 6) is -0.708. The van der Waals surface area contributed by atoms with Gasteiger partial charge in [-0.05, 0) is 31.6 Å². The maximum absolute atomic E-state index is 9.32. The van der Waals surface area contributed by atoms with Crippen molar-refractivity contribution >= 4 is 5.97 Å². The standard InChI is InChI=1S/C9H20O3.C2H5NO2/c1-2-9(12)7-8(3-5-10)4-6-11;3-1-2(4)5/h8-12H,2-7H2,1H3;1,3H2,(H,4,5). The highest BCUT2D eigenvalue weighted by Gasteiger charge is 2.12. The van der Waals surface area contributed by atoms with E-state index in [4.69, 9.17) is 15.3 Å². The van der Waals surface area contributed by atoms with Crippen LogP contribution in [0.2, 0.25) is 0 Å². The van der Waals surface area contributed by atoms with Gasteiger partial charge in [0.1, 0.15) is 0 Å². The highest BCUT2D eigenvalue weighted by molar-refractivity contribution is 5.68. The van der Waals surface area contributed by atoms with Gasteiger partial charge in [-0.2, -0.15) is 0 Å². The third-order valence-electron chi connectivity index (χ3n) is 2.33. The van der Waals surface area contributed by atoms with Gasteiger partial charge >= 0.3 is 5.97 Å². The van der Waals surface area contributed by atoms with E-state index < -0.39 is 5.97 Å². The second-order valence-corrected chi connectivity index (χ2v) is 3.79. The van der Waals surface area contributed by atoms with Crippen molar-refractivity contribution in [1.82, 2.24) is 0 Å². The van der Waals surface area contributed by atoms with Crippen molar-refractivity contribution in [3.05, 3.63) is 0 Å². The number of aliphatic hydroxyl groups excluding tert-OH is 3. The highest BCUT2D eigenvalue weighted by Crippen LogP contribution is 2.16. The molecule has 0 aromatic rings. The van der Waals surface area contributed by atoms with Gasteiger partial charge in [-0.3, -0.25) is 4.79 Å². The van der Waals surface area contributed by atoms with Crippen molar-refractivity contribution in [3.8, 4) is 0 Å². The van der Waals surface area contributed by atoms with Crippen molar-refractivity contribution in [3.63, 3.8) is 0 Å². The fourth-order valence-corrected chi connectivity index (χ4v) is 1.30. The van der Waals surface area contributed by atoms with Crippen LogP contribution in [-0.2, 0) is 4.79 Å². The molecule has 0 heterocycles. The van der Waals surface area contributed by atoms with E-state index in [9.17, 15) is 9.90 Å². The van der Waals surface area contributed by atoms with Gasteiger partial charge < -0.3 is 26.2 Å². The Hall–Kier alpha value is -0.690. The molecule has 0 radical (unpaired) electrons. The van der Waals surface area contributed by atoms with Crippen LogP contribution in [0.3, 0.4) is 0 Å². The minimum atomic E-state index is -0.968. The number of hydrogen-bond acceptors (Lipinski definition) is 5. The molecule has 0 aliphatic carbocycles. The van der Waals surface area contributed by atoms with Crippen LogP contribution in [0, 0.1) is 5.92 Å². The van der Waals surface area contributed by atoms with E-state index in [1.54, 1.807) is 0 Å². The first kappa shape index (κ1) is 18.7. The Morgan fingerprint density at radius 2 is 1.65 bits per heavy atom. The molecule has 1 atom stereocenters. The Morgan fingerprint density at radius 3 is 1.88 bits per heavy atom. The monoisotopic (exact) mass is 251 g/mol. The van der Waals surface area contributed by atoms with Crippen LogP contribution in [0.15, 0.2) is 0 Å². The average Bonchev–Trinajstić information content (AvgIpc) is 2.30. The lowest BCUT2D eigenvalue weighted by Crippen LogP contribution is -2.15. The zero-order valence-electron chi connectivity index (χ0n) is 10.4. The van der Waals surface area contributed by atoms with Gasteiger partial charge in [0.05, 0.1) is 12.6 Å². The largest absolute Gasteiger partial charge is 0.480 e. The number of hydrogen-bond donors (Lipinski definition) is 5. The van der Waals surface area contributed by atoms with Crippen molar-refractivity contribution in [2.45, 2.75) is 38.7 Å². The van der Waals surface area contributed by atoms with E-state index >= 15 is 0 Å². The molecule has 6 nitrogen and oxygen atoms in total. The van der Waals surface area contributed by atoms with Crippen LogP contribution >= 0.6 is 0 Å². The Labute approximate surface area is 102 Å². The molecule has 6 N–H and O–H groups in total. The Bertz CT molecular complexity index is 171. The van der Waals surface area contributed by atoms with Crippen LogP contribution in [-0.4, -0.2) is 52.3 Å². The molecule has 0 spiro atoms. The molecule has 0 rings (SSSR count). The fraction of sp³-hybridized carbons (Fsp3) is 0.909. The molecular formula is C11H25NO5. The molecule has 0 aromatic heterocycles. The summed E-state index contributed by atoms with van der Waals surface area (Å²) in [7, 11) is 0. The van der Waals surface area contributed by atoms with E-state index in [0.717, 1.165) is 6.42 Å². The number of carboxylic acids is 1. The lowest BCUT2D eigenvalue weighted by molar-refractivity contribution is -0.135. The van der Waals surface area contributed by atoms with Gasteiger partial charge in [0.25, 0.3) is 0 Å². The minimum Gasteiger partial charge on any atom is -0.480 e. The summed E-state index contributed by atoms with van der Waals surface area (Å²) in [6.07, 6.45) is 2.51. The lowest BCUT2D eigenvalue weighted by Gasteiger charge is -2.17. The van der Waals surface area contributed by atoms with Gasteiger partial charge in [0, 0.05) is 13.2 Å². The van der Waals surface area contributed by atoms with Crippen LogP contribution in [0.1, 0.15) is 32.6 Å². The van der Waals surface area contributed by atoms with Gasteiger partial charge in [-0.15, -0.1) is 0 Å². The van der Waals surface area contributed by atoms with Crippen LogP contribution in [0.5, 0.6) is 0 Å². The molecular weight excluding hydrogens is 226 g/mol. The van der Waals surface area contributed by atoms with E-state index in [1.807, 2.05) is 6.92 Å². The number of aliphatic hydroxyl groups is 3. The third-order valence-corrected chi connectivity index (χ3v) is 2.33. The van der Waals surface area contributed by atoms with E-state index in [1.165, 1.54) is 0 Å². The average molecular weight is 251 g/mol. The van der Waals surface area contributed by atoms with Gasteiger partial charge in [-0.25, -0.2) is 0 Å². The number of nitrogens with two attached hydrogens (primary N) is 1. The lowest BCUT2D eigenvalue weighted by atomic mass is 9.94. The molecule has 0 aliphatic rings. The molecule has 0 fully saturated rings. The molecule has 0 saturated heterocycles. The number of carbonyl (C=O) groups is 1. The summed E-state index contributed by atoms with van der Waals surface area (Å²) in [5, 5.41) is 34.3. The van der Waals surface area contributed by atoms with E-state index in [2.05, 4.69) is 5.73 Å². The van der Waals surface area contributed by atoms with Crippen LogP contribution in [0.4, 0.5) is 0 Å². The zero-order chi connectivity index (χ0) is 13.7. The fourth-order valence-electron chi connectivity index (χ4n) is 1.30. The summed E-state index contributed by atoms with van der Waals surface area (Å²) in [6.45, 7) is 1.93. The SMILES string of the molecule is CCC(O)CC(CCO)CCO.NCC(=O)O. The molecule has 0 amide bonds. The van der Waals surface area contributed by atoms with Crippen LogP contribution in [0.25, 0.3) is 0 Å². The normalized spacial score (nSPS) is 11.9. The topological polar surface area (TPSA) is 124 Å². The summed E-state index contributed by atoms with van der Waals surface area (Å²) in [6, 6.07) is 0. The Kier molecular flexibility index (Phi) is 14.7. The first-order valence-electron chi connectivity index (χ1n) is 5.83. The summed E-state index contributed by atoms with van der Waals surface area (Å²) in [4.78, 5) is 9.24. The smallest absolute Gasteiger partial charge is 0.317 e. The maximum atomic E-state index is 9.32. The second kappa shape index (κ2) is 13.4. The van der Waals surface area contributed by atoms with Crippen LogP contribution < -0.4 is 5.73 Å². The van der Waals surface area contributed by atoms with Gasteiger partial charge in [-0.1, -0.05) is 6.92 Å². The van der Waals surface area contributed by atoms with Crippen molar-refractivity contribution < 1.29 is 25.2 Å². The Balaban J connectivity index is 0. The zero-order valence-corrected chi connectivity index (χ0v) is 10.4. The molecule has 104 valence electrons. The molecule has 0 saturated carbocycles. The molecule has 1 unspecified atom stereocenters. The van der Waals surface area contributed by atoms with Crippen molar-refractivity contribution in [1.29, 1.82) is 0 Å². The first-order valence-corrected chi connectivity index (χ1v) is 5.83. The predicted octanol–water partition coefficient (Wildman–Crippen LogP) is -0.442. The molecule has 0 aliphatic heterocycles. The van der Waals surface area contributed by atoms with Gasteiger partial charge in [0.2, 0.25) is 0 Å². The van der Waals surface area contributed by atoms with E-state index in [0.29, 0.717) is 19.3 Å².